The Kier molecular flexibility index (Phi) is 3.80. The molecule has 1 aliphatic heterocycles. The Morgan fingerprint density at radius 3 is 3.13 bits per heavy atom. The lowest BCUT2D eigenvalue weighted by atomic mass is 10.2. The van der Waals surface area contributed by atoms with Crippen molar-refractivity contribution in [2.24, 2.45) is 0 Å². The van der Waals surface area contributed by atoms with Gasteiger partial charge in [0.05, 0.1) is 18.9 Å². The highest BCUT2D eigenvalue weighted by molar-refractivity contribution is 5.13. The van der Waals surface area contributed by atoms with Gasteiger partial charge in [0.25, 0.3) is 0 Å². The molecule has 0 spiro atoms. The molecule has 1 aromatic heterocycles. The van der Waals surface area contributed by atoms with Crippen molar-refractivity contribution in [1.29, 1.82) is 0 Å². The summed E-state index contributed by atoms with van der Waals surface area (Å²) in [5.41, 5.74) is 1.22. The lowest BCUT2D eigenvalue weighted by molar-refractivity contribution is 0.104. The van der Waals surface area contributed by atoms with Gasteiger partial charge in [0.2, 0.25) is 0 Å². The molecule has 1 saturated heterocycles. The molecule has 0 radical (unpaired) electrons. The maximum Gasteiger partial charge on any atom is 0.120 e. The fraction of sp³-hybridized carbons (Fsp3) is 0.667. The van der Waals surface area contributed by atoms with Gasteiger partial charge in [-0.3, -0.25) is 0 Å². The molecule has 1 atom stereocenters. The topological polar surface area (TPSA) is 34.4 Å². The summed E-state index contributed by atoms with van der Waals surface area (Å²) < 4.78 is 10.9. The fourth-order valence-corrected chi connectivity index (χ4v) is 1.92. The number of rotatable bonds is 5. The van der Waals surface area contributed by atoms with Crippen LogP contribution < -0.4 is 5.32 Å². The molecule has 1 unspecified atom stereocenters. The minimum atomic E-state index is 0.482. The van der Waals surface area contributed by atoms with Crippen LogP contribution in [-0.4, -0.2) is 19.3 Å². The van der Waals surface area contributed by atoms with Crippen LogP contribution in [0.4, 0.5) is 0 Å². The molecule has 1 aromatic rings. The van der Waals surface area contributed by atoms with Crippen molar-refractivity contribution in [3.63, 3.8) is 0 Å². The van der Waals surface area contributed by atoms with Crippen LogP contribution in [0.1, 0.15) is 30.6 Å². The highest BCUT2D eigenvalue weighted by Gasteiger charge is 2.14. The first-order chi connectivity index (χ1) is 7.36. The van der Waals surface area contributed by atoms with Crippen LogP contribution in [-0.2, 0) is 11.3 Å². The molecular weight excluding hydrogens is 190 g/mol. The van der Waals surface area contributed by atoms with Crippen molar-refractivity contribution in [2.45, 2.75) is 38.8 Å². The monoisotopic (exact) mass is 209 g/mol. The van der Waals surface area contributed by atoms with E-state index in [2.05, 4.69) is 12.2 Å². The predicted octanol–water partition coefficient (Wildman–Crippen LogP) is 2.25. The molecule has 3 heteroatoms. The maximum absolute atomic E-state index is 5.55. The van der Waals surface area contributed by atoms with Gasteiger partial charge in [-0.05, 0) is 44.4 Å². The lowest BCUT2D eigenvalue weighted by Gasteiger charge is -2.09. The predicted molar refractivity (Wildman–Crippen MR) is 58.7 cm³/mol. The SMILES string of the molecule is Cc1ccoc1CNCCC1CCCO1. The Hall–Kier alpha value is -0.800. The van der Waals surface area contributed by atoms with Crippen LogP contribution in [0, 0.1) is 6.92 Å². The molecule has 0 bridgehead atoms. The van der Waals surface area contributed by atoms with Crippen molar-refractivity contribution in [1.82, 2.24) is 5.32 Å². The van der Waals surface area contributed by atoms with E-state index in [9.17, 15) is 0 Å². The van der Waals surface area contributed by atoms with Crippen LogP contribution in [0.2, 0.25) is 0 Å². The Labute approximate surface area is 90.8 Å². The summed E-state index contributed by atoms with van der Waals surface area (Å²) in [7, 11) is 0. The third-order valence-electron chi connectivity index (χ3n) is 2.92. The summed E-state index contributed by atoms with van der Waals surface area (Å²) in [5.74, 6) is 1.04. The van der Waals surface area contributed by atoms with Gasteiger partial charge in [-0.1, -0.05) is 0 Å². The average Bonchev–Trinajstić information content (AvgIpc) is 2.85. The van der Waals surface area contributed by atoms with Gasteiger partial charge in [-0.15, -0.1) is 0 Å². The average molecular weight is 209 g/mol. The first-order valence-electron chi connectivity index (χ1n) is 5.71. The Morgan fingerprint density at radius 1 is 1.53 bits per heavy atom. The zero-order valence-electron chi connectivity index (χ0n) is 9.29. The number of hydrogen-bond donors (Lipinski definition) is 1. The molecule has 0 aliphatic carbocycles. The minimum absolute atomic E-state index is 0.482. The van der Waals surface area contributed by atoms with Crippen LogP contribution in [0.3, 0.4) is 0 Å². The summed E-state index contributed by atoms with van der Waals surface area (Å²) in [4.78, 5) is 0. The molecule has 2 rings (SSSR count). The van der Waals surface area contributed by atoms with E-state index in [0.29, 0.717) is 6.10 Å². The van der Waals surface area contributed by atoms with E-state index in [1.807, 2.05) is 6.07 Å². The molecule has 84 valence electrons. The van der Waals surface area contributed by atoms with E-state index in [-0.39, 0.29) is 0 Å². The molecule has 0 saturated carbocycles. The Bertz CT molecular complexity index is 290. The number of nitrogens with one attached hydrogen (secondary N) is 1. The number of hydrogen-bond acceptors (Lipinski definition) is 3. The smallest absolute Gasteiger partial charge is 0.120 e. The van der Waals surface area contributed by atoms with E-state index < -0.39 is 0 Å². The van der Waals surface area contributed by atoms with Gasteiger partial charge in [0.15, 0.2) is 0 Å². The van der Waals surface area contributed by atoms with Crippen LogP contribution >= 0.6 is 0 Å². The minimum Gasteiger partial charge on any atom is -0.468 e. The molecule has 0 amide bonds. The van der Waals surface area contributed by atoms with Crippen molar-refractivity contribution in [3.8, 4) is 0 Å². The zero-order chi connectivity index (χ0) is 10.5. The van der Waals surface area contributed by atoms with Crippen LogP contribution in [0.15, 0.2) is 16.7 Å². The summed E-state index contributed by atoms with van der Waals surface area (Å²) in [6.45, 7) is 4.85. The maximum atomic E-state index is 5.55. The van der Waals surface area contributed by atoms with Gasteiger partial charge >= 0.3 is 0 Å². The third-order valence-corrected chi connectivity index (χ3v) is 2.92. The van der Waals surface area contributed by atoms with Gasteiger partial charge in [-0.25, -0.2) is 0 Å². The second-order valence-electron chi connectivity index (χ2n) is 4.13. The summed E-state index contributed by atoms with van der Waals surface area (Å²) in [6, 6.07) is 2.00. The molecule has 1 N–H and O–H groups in total. The quantitative estimate of drug-likeness (QED) is 0.755. The summed E-state index contributed by atoms with van der Waals surface area (Å²) in [6.07, 6.45) is 5.78. The molecule has 1 aliphatic rings. The van der Waals surface area contributed by atoms with Crippen molar-refractivity contribution in [2.75, 3.05) is 13.2 Å². The van der Waals surface area contributed by atoms with Crippen molar-refractivity contribution in [3.05, 3.63) is 23.7 Å². The van der Waals surface area contributed by atoms with Gasteiger partial charge in [0, 0.05) is 6.61 Å². The van der Waals surface area contributed by atoms with E-state index in [1.54, 1.807) is 6.26 Å². The summed E-state index contributed by atoms with van der Waals surface area (Å²) in [5, 5.41) is 3.38. The molecule has 0 aromatic carbocycles. The van der Waals surface area contributed by atoms with Gasteiger partial charge in [-0.2, -0.15) is 0 Å². The largest absolute Gasteiger partial charge is 0.468 e. The first-order valence-corrected chi connectivity index (χ1v) is 5.71. The number of aryl methyl sites for hydroxylation is 1. The second-order valence-corrected chi connectivity index (χ2v) is 4.13. The Balaban J connectivity index is 1.60. The molecule has 2 heterocycles. The molecule has 15 heavy (non-hydrogen) atoms. The molecule has 3 nitrogen and oxygen atoms in total. The first kappa shape index (κ1) is 10.7. The van der Waals surface area contributed by atoms with E-state index >= 15 is 0 Å². The third kappa shape index (κ3) is 3.08. The van der Waals surface area contributed by atoms with Crippen molar-refractivity contribution < 1.29 is 9.15 Å². The molecule has 1 fully saturated rings. The highest BCUT2D eigenvalue weighted by atomic mass is 16.5. The number of ether oxygens (including phenoxy) is 1. The summed E-state index contributed by atoms with van der Waals surface area (Å²) >= 11 is 0. The lowest BCUT2D eigenvalue weighted by Crippen LogP contribution is -2.19. The standard InChI is InChI=1S/C12H19NO2/c1-10-5-8-15-12(10)9-13-6-4-11-3-2-7-14-11/h5,8,11,13H,2-4,6-7,9H2,1H3. The second kappa shape index (κ2) is 5.33. The van der Waals surface area contributed by atoms with E-state index in [1.165, 1.54) is 18.4 Å². The normalized spacial score (nSPS) is 21.0. The Morgan fingerprint density at radius 2 is 2.47 bits per heavy atom. The van der Waals surface area contributed by atoms with E-state index in [0.717, 1.165) is 31.9 Å². The van der Waals surface area contributed by atoms with Gasteiger partial charge < -0.3 is 14.5 Å². The fourth-order valence-electron chi connectivity index (χ4n) is 1.92. The van der Waals surface area contributed by atoms with Crippen molar-refractivity contribution >= 4 is 0 Å². The zero-order valence-corrected chi connectivity index (χ0v) is 9.29. The van der Waals surface area contributed by atoms with Crippen LogP contribution in [0.5, 0.6) is 0 Å². The van der Waals surface area contributed by atoms with Crippen LogP contribution in [0.25, 0.3) is 0 Å². The highest BCUT2D eigenvalue weighted by Crippen LogP contribution is 2.14. The van der Waals surface area contributed by atoms with E-state index in [4.69, 9.17) is 9.15 Å². The molecular formula is C12H19NO2. The number of furan rings is 1. The van der Waals surface area contributed by atoms with Gasteiger partial charge in [0.1, 0.15) is 5.76 Å².